The van der Waals surface area contributed by atoms with Crippen molar-refractivity contribution in [3.8, 4) is 11.3 Å². The van der Waals surface area contributed by atoms with E-state index < -0.39 is 0 Å². The highest BCUT2D eigenvalue weighted by Crippen LogP contribution is 2.40. The predicted molar refractivity (Wildman–Crippen MR) is 71.3 cm³/mol. The Morgan fingerprint density at radius 2 is 2.06 bits per heavy atom. The lowest BCUT2D eigenvalue weighted by Gasteiger charge is -2.01. The second kappa shape index (κ2) is 3.67. The Morgan fingerprint density at radius 3 is 2.83 bits per heavy atom. The maximum absolute atomic E-state index is 4.58. The van der Waals surface area contributed by atoms with Crippen LogP contribution >= 0.6 is 0 Å². The molecule has 0 aromatic carbocycles. The number of aromatic nitrogens is 3. The van der Waals surface area contributed by atoms with Crippen LogP contribution in [0.2, 0.25) is 0 Å². The van der Waals surface area contributed by atoms with Crippen LogP contribution in [0.25, 0.3) is 22.3 Å². The fourth-order valence-corrected chi connectivity index (χ4v) is 2.39. The Kier molecular flexibility index (Phi) is 2.00. The van der Waals surface area contributed by atoms with E-state index >= 15 is 0 Å². The van der Waals surface area contributed by atoms with Gasteiger partial charge >= 0.3 is 0 Å². The van der Waals surface area contributed by atoms with Gasteiger partial charge in [0.25, 0.3) is 0 Å². The lowest BCUT2D eigenvalue weighted by molar-refractivity contribution is 1.10. The highest BCUT2D eigenvalue weighted by Gasteiger charge is 2.23. The van der Waals surface area contributed by atoms with Crippen LogP contribution in [-0.2, 0) is 0 Å². The molecular weight excluding hydrogens is 222 g/mol. The van der Waals surface area contributed by atoms with Crippen molar-refractivity contribution in [1.29, 1.82) is 0 Å². The number of H-pyrrole nitrogens is 1. The van der Waals surface area contributed by atoms with Crippen LogP contribution in [0.1, 0.15) is 24.3 Å². The third-order valence-corrected chi connectivity index (χ3v) is 3.56. The molecule has 3 heteroatoms. The van der Waals surface area contributed by atoms with E-state index in [4.69, 9.17) is 0 Å². The second-order valence-corrected chi connectivity index (χ2v) is 4.85. The van der Waals surface area contributed by atoms with E-state index in [-0.39, 0.29) is 0 Å². The van der Waals surface area contributed by atoms with Gasteiger partial charge in [0, 0.05) is 29.5 Å². The largest absolute Gasteiger partial charge is 0.345 e. The molecule has 1 aliphatic carbocycles. The lowest BCUT2D eigenvalue weighted by Crippen LogP contribution is -1.85. The highest BCUT2D eigenvalue weighted by molar-refractivity contribution is 5.92. The van der Waals surface area contributed by atoms with Gasteiger partial charge in [0.2, 0.25) is 0 Å². The van der Waals surface area contributed by atoms with Gasteiger partial charge in [-0.3, -0.25) is 4.98 Å². The first kappa shape index (κ1) is 9.83. The molecule has 0 spiro atoms. The third kappa shape index (κ3) is 1.51. The molecular formula is C15H13N3. The van der Waals surface area contributed by atoms with Crippen LogP contribution in [0.4, 0.5) is 0 Å². The van der Waals surface area contributed by atoms with Crippen molar-refractivity contribution in [3.63, 3.8) is 0 Å². The van der Waals surface area contributed by atoms with Gasteiger partial charge in [-0.2, -0.15) is 0 Å². The van der Waals surface area contributed by atoms with Crippen molar-refractivity contribution < 1.29 is 0 Å². The summed E-state index contributed by atoms with van der Waals surface area (Å²) in [5.41, 5.74) is 4.43. The average Bonchev–Trinajstić information content (AvgIpc) is 3.19. The third-order valence-electron chi connectivity index (χ3n) is 3.56. The number of rotatable bonds is 2. The molecule has 3 heterocycles. The molecule has 1 saturated carbocycles. The maximum Gasteiger partial charge on any atom is 0.137 e. The Balaban J connectivity index is 1.81. The van der Waals surface area contributed by atoms with E-state index in [9.17, 15) is 0 Å². The van der Waals surface area contributed by atoms with E-state index in [0.717, 1.165) is 28.2 Å². The van der Waals surface area contributed by atoms with Gasteiger partial charge in [0.1, 0.15) is 5.65 Å². The summed E-state index contributed by atoms with van der Waals surface area (Å²) >= 11 is 0. The van der Waals surface area contributed by atoms with Crippen molar-refractivity contribution >= 4 is 11.0 Å². The summed E-state index contributed by atoms with van der Waals surface area (Å²) in [4.78, 5) is 12.1. The zero-order valence-corrected chi connectivity index (χ0v) is 9.93. The molecule has 18 heavy (non-hydrogen) atoms. The molecule has 4 rings (SSSR count). The number of pyridine rings is 2. The number of aromatic amines is 1. The van der Waals surface area contributed by atoms with E-state index in [0.29, 0.717) is 0 Å². The summed E-state index contributed by atoms with van der Waals surface area (Å²) in [6, 6.07) is 8.35. The molecule has 0 saturated heterocycles. The van der Waals surface area contributed by atoms with Crippen LogP contribution < -0.4 is 0 Å². The molecule has 0 radical (unpaired) electrons. The smallest absolute Gasteiger partial charge is 0.137 e. The van der Waals surface area contributed by atoms with Crippen LogP contribution in [0.3, 0.4) is 0 Å². The van der Waals surface area contributed by atoms with Crippen LogP contribution in [0.5, 0.6) is 0 Å². The van der Waals surface area contributed by atoms with Crippen molar-refractivity contribution in [2.24, 2.45) is 0 Å². The van der Waals surface area contributed by atoms with Crippen molar-refractivity contribution in [2.45, 2.75) is 18.8 Å². The number of nitrogens with zero attached hydrogens (tertiary/aromatic N) is 2. The minimum atomic E-state index is 0.760. The summed E-state index contributed by atoms with van der Waals surface area (Å²) in [5, 5.41) is 1.13. The van der Waals surface area contributed by atoms with Gasteiger partial charge in [0.05, 0.1) is 5.69 Å². The van der Waals surface area contributed by atoms with Crippen molar-refractivity contribution in [1.82, 2.24) is 15.0 Å². The predicted octanol–water partition coefficient (Wildman–Crippen LogP) is 3.50. The molecule has 1 aliphatic rings. The molecule has 0 amide bonds. The molecule has 3 aromatic rings. The number of nitrogens with one attached hydrogen (secondary N) is 1. The maximum atomic E-state index is 4.58. The SMILES string of the molecule is c1cnc2[nH]cc(-c3ccc(C4CC4)cn3)c2c1. The van der Waals surface area contributed by atoms with E-state index in [1.54, 1.807) is 6.20 Å². The van der Waals surface area contributed by atoms with Gasteiger partial charge in [-0.15, -0.1) is 0 Å². The summed E-state index contributed by atoms with van der Waals surface area (Å²) in [6.07, 6.45) is 8.43. The van der Waals surface area contributed by atoms with Crippen LogP contribution in [-0.4, -0.2) is 15.0 Å². The standard InChI is InChI=1S/C15H13N3/c1-2-12-13(9-18-15(12)16-7-1)14-6-5-11(8-17-14)10-3-4-10/h1-2,5-10H,3-4H2,(H,16,18). The summed E-state index contributed by atoms with van der Waals surface area (Å²) < 4.78 is 0. The minimum Gasteiger partial charge on any atom is -0.345 e. The summed E-state index contributed by atoms with van der Waals surface area (Å²) in [6.45, 7) is 0. The normalized spacial score (nSPS) is 15.1. The van der Waals surface area contributed by atoms with Gasteiger partial charge in [-0.05, 0) is 42.5 Å². The van der Waals surface area contributed by atoms with Crippen molar-refractivity contribution in [3.05, 3.63) is 48.4 Å². The highest BCUT2D eigenvalue weighted by atomic mass is 14.8. The van der Waals surface area contributed by atoms with Crippen LogP contribution in [0, 0.1) is 0 Å². The molecule has 0 bridgehead atoms. The molecule has 1 fully saturated rings. The van der Waals surface area contributed by atoms with Crippen molar-refractivity contribution in [2.75, 3.05) is 0 Å². The second-order valence-electron chi connectivity index (χ2n) is 4.85. The number of hydrogen-bond donors (Lipinski definition) is 1. The average molecular weight is 235 g/mol. The molecule has 0 atom stereocenters. The Bertz CT molecular complexity index is 693. The first-order valence-corrected chi connectivity index (χ1v) is 6.30. The number of hydrogen-bond acceptors (Lipinski definition) is 2. The molecule has 1 N–H and O–H groups in total. The molecule has 0 unspecified atom stereocenters. The number of fused-ring (bicyclic) bond motifs is 1. The first-order valence-electron chi connectivity index (χ1n) is 6.30. The Labute approximate surface area is 105 Å². The molecule has 3 aromatic heterocycles. The lowest BCUT2D eigenvalue weighted by atomic mass is 10.1. The minimum absolute atomic E-state index is 0.760. The zero-order valence-electron chi connectivity index (χ0n) is 9.93. The Morgan fingerprint density at radius 1 is 1.11 bits per heavy atom. The van der Waals surface area contributed by atoms with Gasteiger partial charge in [-0.1, -0.05) is 6.07 Å². The molecule has 88 valence electrons. The molecule has 3 nitrogen and oxygen atoms in total. The van der Waals surface area contributed by atoms with Gasteiger partial charge in [-0.25, -0.2) is 4.98 Å². The summed E-state index contributed by atoms with van der Waals surface area (Å²) in [5.74, 6) is 0.760. The Hall–Kier alpha value is -2.16. The summed E-state index contributed by atoms with van der Waals surface area (Å²) in [7, 11) is 0. The van der Waals surface area contributed by atoms with E-state index in [1.807, 2.05) is 18.5 Å². The zero-order chi connectivity index (χ0) is 11.9. The van der Waals surface area contributed by atoms with Gasteiger partial charge < -0.3 is 4.98 Å². The first-order chi connectivity index (χ1) is 8.92. The van der Waals surface area contributed by atoms with Crippen LogP contribution in [0.15, 0.2) is 42.9 Å². The topological polar surface area (TPSA) is 41.6 Å². The fraction of sp³-hybridized carbons (Fsp3) is 0.200. The van der Waals surface area contributed by atoms with E-state index in [1.165, 1.54) is 18.4 Å². The van der Waals surface area contributed by atoms with Gasteiger partial charge in [0.15, 0.2) is 0 Å². The molecule has 0 aliphatic heterocycles. The quantitative estimate of drug-likeness (QED) is 0.738. The monoisotopic (exact) mass is 235 g/mol. The fourth-order valence-electron chi connectivity index (χ4n) is 2.39. The van der Waals surface area contributed by atoms with E-state index in [2.05, 4.69) is 33.2 Å².